The Morgan fingerprint density at radius 3 is 2.88 bits per heavy atom. The zero-order valence-corrected chi connectivity index (χ0v) is 9.30. The van der Waals surface area contributed by atoms with Gasteiger partial charge in [-0.1, -0.05) is 18.2 Å². The fourth-order valence-corrected chi connectivity index (χ4v) is 1.39. The Balaban J connectivity index is 2.06. The molecule has 4 heteroatoms. The van der Waals surface area contributed by atoms with Crippen LogP contribution >= 0.6 is 0 Å². The Morgan fingerprint density at radius 2 is 2.19 bits per heavy atom. The molecule has 2 atom stereocenters. The van der Waals surface area contributed by atoms with Gasteiger partial charge in [0.15, 0.2) is 0 Å². The van der Waals surface area contributed by atoms with Crippen molar-refractivity contribution in [1.82, 2.24) is 0 Å². The van der Waals surface area contributed by atoms with Crippen molar-refractivity contribution in [3.63, 3.8) is 0 Å². The fraction of sp³-hybridized carbons (Fsp3) is 0.500. The van der Waals surface area contributed by atoms with Gasteiger partial charge in [-0.15, -0.1) is 0 Å². The maximum atomic E-state index is 10.8. The Hall–Kier alpha value is -1.42. The normalized spacial score (nSPS) is 23.8. The Labute approximate surface area is 94.9 Å². The van der Waals surface area contributed by atoms with Crippen LogP contribution in [0.2, 0.25) is 0 Å². The molecular weight excluding hydrogens is 208 g/mol. The van der Waals surface area contributed by atoms with Gasteiger partial charge in [-0.05, 0) is 18.9 Å². The molecule has 0 aliphatic carbocycles. The number of allylic oxidation sites excluding steroid dienone is 3. The summed E-state index contributed by atoms with van der Waals surface area (Å²) in [4.78, 5) is 20.8. The Kier molecular flexibility index (Phi) is 5.50. The van der Waals surface area contributed by atoms with Crippen LogP contribution in [-0.2, 0) is 19.1 Å². The highest BCUT2D eigenvalue weighted by Gasteiger charge is 2.35. The predicted molar refractivity (Wildman–Crippen MR) is 58.9 cm³/mol. The van der Waals surface area contributed by atoms with E-state index >= 15 is 0 Å². The van der Waals surface area contributed by atoms with Crippen molar-refractivity contribution in [3.8, 4) is 0 Å². The van der Waals surface area contributed by atoms with E-state index < -0.39 is 0 Å². The summed E-state index contributed by atoms with van der Waals surface area (Å²) in [5, 5.41) is 0. The van der Waals surface area contributed by atoms with Crippen LogP contribution in [0.15, 0.2) is 24.3 Å². The maximum Gasteiger partial charge on any atom is 0.305 e. The largest absolute Gasteiger partial charge is 0.469 e. The number of ether oxygens (including phenoxy) is 2. The highest BCUT2D eigenvalue weighted by Crippen LogP contribution is 2.28. The fourth-order valence-electron chi connectivity index (χ4n) is 1.39. The summed E-state index contributed by atoms with van der Waals surface area (Å²) in [7, 11) is 1.39. The van der Waals surface area contributed by atoms with Crippen LogP contribution in [0.1, 0.15) is 19.3 Å². The molecule has 1 aliphatic heterocycles. The molecule has 1 fully saturated rings. The van der Waals surface area contributed by atoms with E-state index in [4.69, 9.17) is 4.74 Å². The Bertz CT molecular complexity index is 293. The van der Waals surface area contributed by atoms with Crippen LogP contribution < -0.4 is 0 Å². The van der Waals surface area contributed by atoms with Gasteiger partial charge >= 0.3 is 5.97 Å². The van der Waals surface area contributed by atoms with Crippen LogP contribution in [0.3, 0.4) is 0 Å². The molecule has 0 saturated carbocycles. The molecule has 1 saturated heterocycles. The summed E-state index contributed by atoms with van der Waals surface area (Å²) in [6, 6.07) is 0. The molecule has 88 valence electrons. The maximum absolute atomic E-state index is 10.8. The monoisotopic (exact) mass is 224 g/mol. The van der Waals surface area contributed by atoms with Gasteiger partial charge in [0.1, 0.15) is 12.4 Å². The first-order chi connectivity index (χ1) is 7.77. The van der Waals surface area contributed by atoms with Crippen molar-refractivity contribution >= 4 is 12.3 Å². The number of hydrogen-bond acceptors (Lipinski definition) is 4. The minimum absolute atomic E-state index is 0.133. The third-order valence-corrected chi connectivity index (χ3v) is 2.32. The van der Waals surface area contributed by atoms with Gasteiger partial charge < -0.3 is 9.47 Å². The van der Waals surface area contributed by atoms with Crippen LogP contribution in [0, 0.1) is 0 Å². The van der Waals surface area contributed by atoms with E-state index in [1.165, 1.54) is 13.2 Å². The molecule has 0 N–H and O–H groups in total. The number of rotatable bonds is 7. The lowest BCUT2D eigenvalue weighted by molar-refractivity contribution is -0.140. The lowest BCUT2D eigenvalue weighted by Gasteiger charge is -1.96. The average molecular weight is 224 g/mol. The molecule has 4 nitrogen and oxygen atoms in total. The van der Waals surface area contributed by atoms with E-state index in [1.807, 2.05) is 6.08 Å². The minimum atomic E-state index is -0.179. The molecule has 0 aromatic heterocycles. The molecule has 0 aromatic carbocycles. The standard InChI is InChI=1S/C12H16O4/c1-15-12(14)8-5-7-11-10(16-11)6-3-2-4-9-13/h2-4,6,9-11H,5,7-8H2,1H3/b4-2+,6-3+/t10-,11+/m1/s1. The van der Waals surface area contributed by atoms with Crippen molar-refractivity contribution in [2.24, 2.45) is 0 Å². The molecular formula is C12H16O4. The van der Waals surface area contributed by atoms with E-state index in [-0.39, 0.29) is 18.2 Å². The molecule has 0 radical (unpaired) electrons. The van der Waals surface area contributed by atoms with Crippen molar-refractivity contribution in [1.29, 1.82) is 0 Å². The highest BCUT2D eigenvalue weighted by molar-refractivity contribution is 5.69. The van der Waals surface area contributed by atoms with Gasteiger partial charge in [-0.2, -0.15) is 0 Å². The van der Waals surface area contributed by atoms with E-state index in [0.29, 0.717) is 6.42 Å². The van der Waals surface area contributed by atoms with Crippen LogP contribution in [0.4, 0.5) is 0 Å². The first kappa shape index (κ1) is 12.6. The summed E-state index contributed by atoms with van der Waals surface area (Å²) in [5.41, 5.74) is 0. The summed E-state index contributed by atoms with van der Waals surface area (Å²) < 4.78 is 9.89. The number of carbonyl (C=O) groups excluding carboxylic acids is 2. The minimum Gasteiger partial charge on any atom is -0.469 e. The van der Waals surface area contributed by atoms with Crippen LogP contribution in [-0.4, -0.2) is 31.6 Å². The molecule has 1 aliphatic rings. The van der Waals surface area contributed by atoms with Gasteiger partial charge in [0, 0.05) is 6.42 Å². The molecule has 0 unspecified atom stereocenters. The third-order valence-electron chi connectivity index (χ3n) is 2.32. The lowest BCUT2D eigenvalue weighted by Crippen LogP contribution is -2.01. The number of carbonyl (C=O) groups is 2. The summed E-state index contributed by atoms with van der Waals surface area (Å²) >= 11 is 0. The molecule has 1 heterocycles. The summed E-state index contributed by atoms with van der Waals surface area (Å²) in [6.45, 7) is 0. The second kappa shape index (κ2) is 6.95. The molecule has 1 rings (SSSR count). The summed E-state index contributed by atoms with van der Waals surface area (Å²) in [5.74, 6) is -0.179. The van der Waals surface area contributed by atoms with Gasteiger partial charge in [-0.3, -0.25) is 9.59 Å². The predicted octanol–water partition coefficient (Wildman–Crippen LogP) is 1.41. The lowest BCUT2D eigenvalue weighted by atomic mass is 10.1. The number of hydrogen-bond donors (Lipinski definition) is 0. The van der Waals surface area contributed by atoms with Crippen LogP contribution in [0.5, 0.6) is 0 Å². The van der Waals surface area contributed by atoms with Crippen molar-refractivity contribution in [2.45, 2.75) is 31.5 Å². The van der Waals surface area contributed by atoms with Gasteiger partial charge in [0.2, 0.25) is 0 Å². The molecule has 16 heavy (non-hydrogen) atoms. The van der Waals surface area contributed by atoms with Crippen molar-refractivity contribution in [2.75, 3.05) is 7.11 Å². The molecule has 0 amide bonds. The summed E-state index contributed by atoms with van der Waals surface area (Å²) in [6.07, 6.45) is 9.95. The molecule has 0 spiro atoms. The smallest absolute Gasteiger partial charge is 0.305 e. The second-order valence-corrected chi connectivity index (χ2v) is 3.51. The van der Waals surface area contributed by atoms with E-state index in [0.717, 1.165) is 19.1 Å². The van der Waals surface area contributed by atoms with E-state index in [2.05, 4.69) is 4.74 Å². The topological polar surface area (TPSA) is 55.9 Å². The highest BCUT2D eigenvalue weighted by atomic mass is 16.6. The Morgan fingerprint density at radius 1 is 1.38 bits per heavy atom. The van der Waals surface area contributed by atoms with Crippen molar-refractivity contribution in [3.05, 3.63) is 24.3 Å². The number of aldehydes is 1. The SMILES string of the molecule is COC(=O)CCC[C@@H]1O[C@@H]1/C=C/C=C/C=O. The second-order valence-electron chi connectivity index (χ2n) is 3.51. The third kappa shape index (κ3) is 4.89. The number of methoxy groups -OCH3 is 1. The average Bonchev–Trinajstić information content (AvgIpc) is 3.03. The van der Waals surface area contributed by atoms with Gasteiger partial charge in [0.05, 0.1) is 13.2 Å². The van der Waals surface area contributed by atoms with Gasteiger partial charge in [-0.25, -0.2) is 0 Å². The van der Waals surface area contributed by atoms with E-state index in [9.17, 15) is 9.59 Å². The molecule has 0 bridgehead atoms. The number of epoxide rings is 1. The van der Waals surface area contributed by atoms with Crippen LogP contribution in [0.25, 0.3) is 0 Å². The molecule has 0 aromatic rings. The zero-order chi connectivity index (χ0) is 11.8. The van der Waals surface area contributed by atoms with E-state index in [1.54, 1.807) is 12.2 Å². The first-order valence-electron chi connectivity index (χ1n) is 5.29. The number of esters is 1. The van der Waals surface area contributed by atoms with Crippen molar-refractivity contribution < 1.29 is 19.1 Å². The zero-order valence-electron chi connectivity index (χ0n) is 9.30. The quantitative estimate of drug-likeness (QED) is 0.216. The van der Waals surface area contributed by atoms with Gasteiger partial charge in [0.25, 0.3) is 0 Å². The first-order valence-corrected chi connectivity index (χ1v) is 5.29.